The number of hydrogen-bond donors (Lipinski definition) is 1. The van der Waals surface area contributed by atoms with Crippen LogP contribution in [-0.2, 0) is 14.3 Å². The van der Waals surface area contributed by atoms with Crippen LogP contribution >= 0.6 is 0 Å². The third-order valence-electron chi connectivity index (χ3n) is 2.60. The second-order valence-electron chi connectivity index (χ2n) is 5.23. The van der Waals surface area contributed by atoms with Crippen molar-refractivity contribution >= 4 is 11.9 Å². The van der Waals surface area contributed by atoms with Gasteiger partial charge in [-0.25, -0.2) is 0 Å². The van der Waals surface area contributed by atoms with Crippen molar-refractivity contribution in [3.05, 3.63) is 0 Å². The SMILES string of the molecule is CC(C)(C)OC(=O)CCC1(C(N)=O)CC1. The van der Waals surface area contributed by atoms with Gasteiger partial charge in [0.2, 0.25) is 5.91 Å². The summed E-state index contributed by atoms with van der Waals surface area (Å²) in [5.41, 5.74) is 4.39. The Bertz CT molecular complexity index is 274. The van der Waals surface area contributed by atoms with Crippen LogP contribution in [0.5, 0.6) is 0 Å². The number of primary amides is 1. The van der Waals surface area contributed by atoms with Crippen molar-refractivity contribution in [3.63, 3.8) is 0 Å². The van der Waals surface area contributed by atoms with Crippen LogP contribution < -0.4 is 5.73 Å². The van der Waals surface area contributed by atoms with Gasteiger partial charge in [-0.3, -0.25) is 9.59 Å². The largest absolute Gasteiger partial charge is 0.460 e. The number of carbonyl (C=O) groups is 2. The Labute approximate surface area is 90.2 Å². The van der Waals surface area contributed by atoms with Gasteiger partial charge < -0.3 is 10.5 Å². The number of nitrogens with two attached hydrogens (primary N) is 1. The normalized spacial score (nSPS) is 18.3. The average Bonchev–Trinajstić information content (AvgIpc) is 2.77. The summed E-state index contributed by atoms with van der Waals surface area (Å²) in [6, 6.07) is 0. The zero-order valence-corrected chi connectivity index (χ0v) is 9.63. The third-order valence-corrected chi connectivity index (χ3v) is 2.60. The molecule has 0 aromatic carbocycles. The van der Waals surface area contributed by atoms with Crippen molar-refractivity contribution < 1.29 is 14.3 Å². The molecular weight excluding hydrogens is 194 g/mol. The fourth-order valence-corrected chi connectivity index (χ4v) is 1.50. The van der Waals surface area contributed by atoms with Crippen molar-refractivity contribution in [2.24, 2.45) is 11.1 Å². The summed E-state index contributed by atoms with van der Waals surface area (Å²) >= 11 is 0. The van der Waals surface area contributed by atoms with Gasteiger partial charge >= 0.3 is 5.97 Å². The Morgan fingerprint density at radius 3 is 2.20 bits per heavy atom. The van der Waals surface area contributed by atoms with Gasteiger partial charge in [-0.1, -0.05) is 0 Å². The molecule has 15 heavy (non-hydrogen) atoms. The second kappa shape index (κ2) is 3.83. The minimum atomic E-state index is -0.458. The number of amides is 1. The molecule has 0 heterocycles. The Morgan fingerprint density at radius 1 is 1.33 bits per heavy atom. The molecule has 4 nitrogen and oxygen atoms in total. The Balaban J connectivity index is 2.32. The van der Waals surface area contributed by atoms with Gasteiger partial charge in [0.15, 0.2) is 0 Å². The monoisotopic (exact) mass is 213 g/mol. The van der Waals surface area contributed by atoms with E-state index < -0.39 is 11.0 Å². The van der Waals surface area contributed by atoms with Crippen LogP contribution in [0.15, 0.2) is 0 Å². The maximum absolute atomic E-state index is 11.4. The fraction of sp³-hybridized carbons (Fsp3) is 0.818. The molecule has 0 aromatic heterocycles. The Hall–Kier alpha value is -1.06. The van der Waals surface area contributed by atoms with Crippen molar-refractivity contribution in [2.45, 2.75) is 52.1 Å². The van der Waals surface area contributed by atoms with Crippen molar-refractivity contribution in [3.8, 4) is 0 Å². The minimum Gasteiger partial charge on any atom is -0.460 e. The van der Waals surface area contributed by atoms with Crippen molar-refractivity contribution in [1.29, 1.82) is 0 Å². The van der Waals surface area contributed by atoms with Crippen LogP contribution in [0.3, 0.4) is 0 Å². The molecule has 1 aliphatic rings. The molecule has 0 spiro atoms. The van der Waals surface area contributed by atoms with Crippen LogP contribution in [0.4, 0.5) is 0 Å². The summed E-state index contributed by atoms with van der Waals surface area (Å²) in [5, 5.41) is 0. The molecule has 4 heteroatoms. The highest BCUT2D eigenvalue weighted by Gasteiger charge is 2.48. The summed E-state index contributed by atoms with van der Waals surface area (Å²) in [5.74, 6) is -0.541. The van der Waals surface area contributed by atoms with E-state index in [0.29, 0.717) is 6.42 Å². The van der Waals surface area contributed by atoms with Gasteiger partial charge in [0.1, 0.15) is 5.60 Å². The summed E-state index contributed by atoms with van der Waals surface area (Å²) in [6.07, 6.45) is 2.42. The first-order valence-electron chi connectivity index (χ1n) is 5.27. The van der Waals surface area contributed by atoms with Gasteiger partial charge in [-0.05, 0) is 40.0 Å². The van der Waals surface area contributed by atoms with Crippen molar-refractivity contribution in [2.75, 3.05) is 0 Å². The summed E-state index contributed by atoms with van der Waals surface area (Å²) in [6.45, 7) is 5.48. The summed E-state index contributed by atoms with van der Waals surface area (Å²) < 4.78 is 5.15. The lowest BCUT2D eigenvalue weighted by atomic mass is 10.00. The molecule has 86 valence electrons. The van der Waals surface area contributed by atoms with E-state index in [-0.39, 0.29) is 18.3 Å². The van der Waals surface area contributed by atoms with Crippen LogP contribution in [0.25, 0.3) is 0 Å². The number of carbonyl (C=O) groups excluding carboxylic acids is 2. The average molecular weight is 213 g/mol. The molecule has 2 N–H and O–H groups in total. The maximum Gasteiger partial charge on any atom is 0.306 e. The molecular formula is C11H19NO3. The van der Waals surface area contributed by atoms with Gasteiger partial charge in [0.05, 0.1) is 0 Å². The van der Waals surface area contributed by atoms with E-state index in [1.54, 1.807) is 0 Å². The second-order valence-corrected chi connectivity index (χ2v) is 5.23. The predicted octanol–water partition coefficient (Wildman–Crippen LogP) is 1.37. The molecule has 1 rings (SSSR count). The molecule has 1 fully saturated rings. The fourth-order valence-electron chi connectivity index (χ4n) is 1.50. The topological polar surface area (TPSA) is 69.4 Å². The minimum absolute atomic E-state index is 0.255. The van der Waals surface area contributed by atoms with Crippen molar-refractivity contribution in [1.82, 2.24) is 0 Å². The summed E-state index contributed by atoms with van der Waals surface area (Å²) in [7, 11) is 0. The van der Waals surface area contributed by atoms with Crippen LogP contribution in [0.1, 0.15) is 46.5 Å². The highest BCUT2D eigenvalue weighted by atomic mass is 16.6. The highest BCUT2D eigenvalue weighted by molar-refractivity contribution is 5.84. The van der Waals surface area contributed by atoms with Gasteiger partial charge in [0, 0.05) is 11.8 Å². The number of ether oxygens (including phenoxy) is 1. The van der Waals surface area contributed by atoms with Gasteiger partial charge in [0.25, 0.3) is 0 Å². The van der Waals surface area contributed by atoms with E-state index in [2.05, 4.69) is 0 Å². The first kappa shape index (κ1) is 12.0. The van der Waals surface area contributed by atoms with Crippen LogP contribution in [0, 0.1) is 5.41 Å². The van der Waals surface area contributed by atoms with Gasteiger partial charge in [-0.15, -0.1) is 0 Å². The number of esters is 1. The smallest absolute Gasteiger partial charge is 0.306 e. The third kappa shape index (κ3) is 3.53. The zero-order valence-electron chi connectivity index (χ0n) is 9.63. The standard InChI is InChI=1S/C11H19NO3/c1-10(2,3)15-8(13)4-5-11(6-7-11)9(12)14/h4-7H2,1-3H3,(H2,12,14). The molecule has 0 radical (unpaired) electrons. The van der Waals surface area contributed by atoms with Crippen LogP contribution in [-0.4, -0.2) is 17.5 Å². The molecule has 0 saturated heterocycles. The number of rotatable bonds is 4. The first-order chi connectivity index (χ1) is 6.75. The maximum atomic E-state index is 11.4. The quantitative estimate of drug-likeness (QED) is 0.717. The van der Waals surface area contributed by atoms with E-state index >= 15 is 0 Å². The molecule has 1 amide bonds. The lowest BCUT2D eigenvalue weighted by Crippen LogP contribution is -2.27. The van der Waals surface area contributed by atoms with Gasteiger partial charge in [-0.2, -0.15) is 0 Å². The van der Waals surface area contributed by atoms with E-state index in [0.717, 1.165) is 12.8 Å². The number of hydrogen-bond acceptors (Lipinski definition) is 3. The van der Waals surface area contributed by atoms with Crippen LogP contribution in [0.2, 0.25) is 0 Å². The van der Waals surface area contributed by atoms with E-state index in [1.165, 1.54) is 0 Å². The first-order valence-corrected chi connectivity index (χ1v) is 5.27. The van der Waals surface area contributed by atoms with E-state index in [1.807, 2.05) is 20.8 Å². The lowest BCUT2D eigenvalue weighted by Gasteiger charge is -2.20. The molecule has 0 aliphatic heterocycles. The predicted molar refractivity (Wildman–Crippen MR) is 55.9 cm³/mol. The molecule has 0 atom stereocenters. The molecule has 1 aliphatic carbocycles. The summed E-state index contributed by atoms with van der Waals surface area (Å²) in [4.78, 5) is 22.4. The Kier molecular flexibility index (Phi) is 3.07. The highest BCUT2D eigenvalue weighted by Crippen LogP contribution is 2.49. The molecule has 1 saturated carbocycles. The molecule has 0 bridgehead atoms. The Morgan fingerprint density at radius 2 is 1.87 bits per heavy atom. The zero-order chi connectivity index (χ0) is 11.7. The van der Waals surface area contributed by atoms with E-state index in [4.69, 9.17) is 10.5 Å². The van der Waals surface area contributed by atoms with E-state index in [9.17, 15) is 9.59 Å². The lowest BCUT2D eigenvalue weighted by molar-refractivity contribution is -0.155. The molecule has 0 aromatic rings. The molecule has 0 unspecified atom stereocenters.